The first kappa shape index (κ1) is 24.2. The molecule has 10 heteroatoms. The first-order chi connectivity index (χ1) is 15.6. The van der Waals surface area contributed by atoms with Gasteiger partial charge < -0.3 is 23.3 Å². The predicted octanol–water partition coefficient (Wildman–Crippen LogP) is 4.08. The summed E-state index contributed by atoms with van der Waals surface area (Å²) >= 11 is 0. The monoisotopic (exact) mass is 466 g/mol. The zero-order valence-corrected chi connectivity index (χ0v) is 18.8. The molecule has 0 amide bonds. The van der Waals surface area contributed by atoms with Gasteiger partial charge in [-0.2, -0.15) is 13.2 Å². The van der Waals surface area contributed by atoms with E-state index in [1.807, 2.05) is 6.92 Å². The number of fused-ring (bicyclic) bond motifs is 1. The third-order valence-corrected chi connectivity index (χ3v) is 5.24. The van der Waals surface area contributed by atoms with Crippen molar-refractivity contribution in [3.05, 3.63) is 57.6 Å². The summed E-state index contributed by atoms with van der Waals surface area (Å²) in [5, 5.41) is -0.114. The first-order valence-corrected chi connectivity index (χ1v) is 10.4. The van der Waals surface area contributed by atoms with Gasteiger partial charge in [0.1, 0.15) is 11.1 Å². The SMILES string of the molecule is CCOC(=O)c1c(OCC(F)(F)F)c2c(=O)n(Cc3ccccc3OC)c(CC)cc2n1C. The van der Waals surface area contributed by atoms with Crippen molar-refractivity contribution in [1.29, 1.82) is 0 Å². The van der Waals surface area contributed by atoms with E-state index in [-0.39, 0.29) is 29.7 Å². The second-order valence-corrected chi connectivity index (χ2v) is 7.31. The second kappa shape index (κ2) is 9.60. The molecule has 1 aromatic carbocycles. The van der Waals surface area contributed by atoms with Gasteiger partial charge in [-0.25, -0.2) is 4.79 Å². The number of benzene rings is 1. The molecule has 2 aromatic heterocycles. The number of rotatable bonds is 8. The molecule has 0 aliphatic rings. The van der Waals surface area contributed by atoms with Crippen molar-refractivity contribution in [2.24, 2.45) is 7.05 Å². The summed E-state index contributed by atoms with van der Waals surface area (Å²) in [5.74, 6) is -0.743. The summed E-state index contributed by atoms with van der Waals surface area (Å²) in [6.07, 6.45) is -4.19. The Kier molecular flexibility index (Phi) is 7.04. The number of hydrogen-bond acceptors (Lipinski definition) is 5. The molecule has 0 saturated heterocycles. The number of nitrogens with zero attached hydrogens (tertiary/aromatic N) is 2. The highest BCUT2D eigenvalue weighted by Gasteiger charge is 2.33. The van der Waals surface area contributed by atoms with Crippen molar-refractivity contribution in [2.45, 2.75) is 33.0 Å². The summed E-state index contributed by atoms with van der Waals surface area (Å²) in [6, 6.07) is 8.82. The van der Waals surface area contributed by atoms with Crippen molar-refractivity contribution in [3.63, 3.8) is 0 Å². The largest absolute Gasteiger partial charge is 0.496 e. The number of carbonyl (C=O) groups is 1. The maximum atomic E-state index is 13.6. The van der Waals surface area contributed by atoms with E-state index in [0.29, 0.717) is 17.9 Å². The molecule has 0 unspecified atom stereocenters. The van der Waals surface area contributed by atoms with Crippen LogP contribution in [0.3, 0.4) is 0 Å². The Balaban J connectivity index is 2.29. The number of para-hydroxylation sites is 1. The van der Waals surface area contributed by atoms with Crippen LogP contribution >= 0.6 is 0 Å². The molecule has 0 bridgehead atoms. The van der Waals surface area contributed by atoms with Crippen molar-refractivity contribution in [2.75, 3.05) is 20.3 Å². The van der Waals surface area contributed by atoms with Crippen molar-refractivity contribution < 1.29 is 32.2 Å². The van der Waals surface area contributed by atoms with E-state index < -0.39 is 30.1 Å². The molecule has 0 atom stereocenters. The van der Waals surface area contributed by atoms with E-state index in [4.69, 9.17) is 14.2 Å². The minimum absolute atomic E-state index is 0.0112. The second-order valence-electron chi connectivity index (χ2n) is 7.31. The normalized spacial score (nSPS) is 11.6. The topological polar surface area (TPSA) is 71.7 Å². The highest BCUT2D eigenvalue weighted by atomic mass is 19.4. The molecule has 3 rings (SSSR count). The lowest BCUT2D eigenvalue weighted by molar-refractivity contribution is -0.153. The third kappa shape index (κ3) is 4.84. The van der Waals surface area contributed by atoms with E-state index >= 15 is 0 Å². The van der Waals surface area contributed by atoms with Gasteiger partial charge in [0.15, 0.2) is 18.1 Å². The van der Waals surface area contributed by atoms with E-state index in [0.717, 1.165) is 5.56 Å². The fourth-order valence-corrected chi connectivity index (χ4v) is 3.75. The van der Waals surface area contributed by atoms with Crippen LogP contribution in [0.1, 0.15) is 35.6 Å². The minimum Gasteiger partial charge on any atom is -0.496 e. The first-order valence-electron chi connectivity index (χ1n) is 10.4. The Morgan fingerprint density at radius 2 is 1.85 bits per heavy atom. The number of ether oxygens (including phenoxy) is 3. The molecule has 7 nitrogen and oxygen atoms in total. The van der Waals surface area contributed by atoms with Crippen LogP contribution in [0.2, 0.25) is 0 Å². The summed E-state index contributed by atoms with van der Waals surface area (Å²) in [5.41, 5.74) is 0.824. The number of carbonyl (C=O) groups excluding carboxylic acids is 1. The predicted molar refractivity (Wildman–Crippen MR) is 116 cm³/mol. The highest BCUT2D eigenvalue weighted by molar-refractivity contribution is 6.01. The Morgan fingerprint density at radius 3 is 2.45 bits per heavy atom. The maximum Gasteiger partial charge on any atom is 0.422 e. The van der Waals surface area contributed by atoms with E-state index in [1.54, 1.807) is 37.3 Å². The number of methoxy groups -OCH3 is 1. The van der Waals surface area contributed by atoms with Gasteiger partial charge in [0.25, 0.3) is 5.56 Å². The van der Waals surface area contributed by atoms with Crippen LogP contribution in [0.25, 0.3) is 10.9 Å². The molecule has 0 spiro atoms. The molecular weight excluding hydrogens is 441 g/mol. The Labute approximate surface area is 188 Å². The fourth-order valence-electron chi connectivity index (χ4n) is 3.75. The molecule has 3 aromatic rings. The van der Waals surface area contributed by atoms with Gasteiger partial charge in [0.2, 0.25) is 0 Å². The van der Waals surface area contributed by atoms with Crippen LogP contribution in [-0.2, 0) is 24.8 Å². The standard InChI is InChI=1S/C23H25F3N2O5/c1-5-15-11-16-18(21(29)28(15)12-14-9-7-8-10-17(14)31-4)20(33-13-23(24,25)26)19(27(16)3)22(30)32-6-2/h7-11H,5-6,12-13H2,1-4H3. The van der Waals surface area contributed by atoms with Gasteiger partial charge in [-0.15, -0.1) is 0 Å². The van der Waals surface area contributed by atoms with Crippen LogP contribution in [-0.4, -0.2) is 41.6 Å². The number of aromatic nitrogens is 2. The lowest BCUT2D eigenvalue weighted by atomic mass is 10.1. The average molecular weight is 466 g/mol. The van der Waals surface area contributed by atoms with Crippen molar-refractivity contribution >= 4 is 16.9 Å². The molecule has 0 saturated carbocycles. The van der Waals surface area contributed by atoms with Crippen molar-refractivity contribution in [1.82, 2.24) is 9.13 Å². The lowest BCUT2D eigenvalue weighted by Gasteiger charge is -2.15. The Bertz CT molecular complexity index is 1230. The van der Waals surface area contributed by atoms with Gasteiger partial charge in [0, 0.05) is 18.3 Å². The van der Waals surface area contributed by atoms with Gasteiger partial charge in [-0.1, -0.05) is 25.1 Å². The minimum atomic E-state index is -4.66. The molecular formula is C23H25F3N2O5. The van der Waals surface area contributed by atoms with Gasteiger partial charge >= 0.3 is 12.1 Å². The molecule has 178 valence electrons. The molecule has 0 radical (unpaired) electrons. The summed E-state index contributed by atoms with van der Waals surface area (Å²) < 4.78 is 57.1. The average Bonchev–Trinajstić information content (AvgIpc) is 3.05. The zero-order chi connectivity index (χ0) is 24.3. The van der Waals surface area contributed by atoms with Crippen LogP contribution in [0.5, 0.6) is 11.5 Å². The number of esters is 1. The summed E-state index contributed by atoms with van der Waals surface area (Å²) in [7, 11) is 3.00. The molecule has 33 heavy (non-hydrogen) atoms. The summed E-state index contributed by atoms with van der Waals surface area (Å²) in [6.45, 7) is 1.92. The van der Waals surface area contributed by atoms with Crippen LogP contribution in [0.4, 0.5) is 13.2 Å². The molecule has 2 heterocycles. The zero-order valence-electron chi connectivity index (χ0n) is 18.8. The van der Waals surface area contributed by atoms with Gasteiger partial charge in [-0.3, -0.25) is 4.79 Å². The fraction of sp³-hybridized carbons (Fsp3) is 0.391. The van der Waals surface area contributed by atoms with Crippen LogP contribution < -0.4 is 15.0 Å². The molecule has 0 aliphatic carbocycles. The summed E-state index contributed by atoms with van der Waals surface area (Å²) in [4.78, 5) is 26.2. The third-order valence-electron chi connectivity index (χ3n) is 5.24. The Hall–Kier alpha value is -3.43. The number of pyridine rings is 1. The lowest BCUT2D eigenvalue weighted by Crippen LogP contribution is -2.25. The van der Waals surface area contributed by atoms with Crippen LogP contribution in [0, 0.1) is 0 Å². The van der Waals surface area contributed by atoms with E-state index in [1.165, 1.54) is 23.3 Å². The molecule has 0 N–H and O–H groups in total. The molecule has 0 aliphatic heterocycles. The number of alkyl halides is 3. The smallest absolute Gasteiger partial charge is 0.422 e. The number of aryl methyl sites for hydroxylation is 2. The van der Waals surface area contributed by atoms with Gasteiger partial charge in [-0.05, 0) is 25.5 Å². The number of hydrogen-bond donors (Lipinski definition) is 0. The maximum absolute atomic E-state index is 13.6. The van der Waals surface area contributed by atoms with Crippen molar-refractivity contribution in [3.8, 4) is 11.5 Å². The molecule has 0 fully saturated rings. The highest BCUT2D eigenvalue weighted by Crippen LogP contribution is 2.33. The van der Waals surface area contributed by atoms with E-state index in [9.17, 15) is 22.8 Å². The van der Waals surface area contributed by atoms with E-state index in [2.05, 4.69) is 0 Å². The number of halogens is 3. The van der Waals surface area contributed by atoms with Crippen LogP contribution in [0.15, 0.2) is 35.1 Å². The van der Waals surface area contributed by atoms with Gasteiger partial charge in [0.05, 0.1) is 25.8 Å². The Morgan fingerprint density at radius 1 is 1.15 bits per heavy atom. The quantitative estimate of drug-likeness (QED) is 0.468.